The standard InChI is InChI=1S/C20H23N5O3/c1-23-12-8-22-19(20(23)27)24-9-5-14(6-10-24)28-17-4-2-3-16-15(17)7-11-25(16)13-18(21)26/h2-4,7-8,11-12,14H,5-6,9-10,13H2,1H3,(H2,21,26). The number of aromatic nitrogens is 3. The van der Waals surface area contributed by atoms with Crippen LogP contribution in [0.15, 0.2) is 47.7 Å². The molecule has 8 nitrogen and oxygen atoms in total. The maximum absolute atomic E-state index is 12.3. The topological polar surface area (TPSA) is 95.4 Å². The van der Waals surface area contributed by atoms with Crippen molar-refractivity contribution in [3.05, 3.63) is 53.2 Å². The predicted octanol–water partition coefficient (Wildman–Crippen LogP) is 1.27. The fourth-order valence-electron chi connectivity index (χ4n) is 3.67. The summed E-state index contributed by atoms with van der Waals surface area (Å²) in [5.74, 6) is 0.916. The molecule has 0 radical (unpaired) electrons. The number of hydrogen-bond acceptors (Lipinski definition) is 5. The molecule has 1 aliphatic rings. The minimum atomic E-state index is -0.378. The molecule has 2 N–H and O–H groups in total. The maximum Gasteiger partial charge on any atom is 0.293 e. The second-order valence-corrected chi connectivity index (χ2v) is 7.07. The minimum Gasteiger partial charge on any atom is -0.490 e. The average Bonchev–Trinajstić information content (AvgIpc) is 3.08. The maximum atomic E-state index is 12.3. The molecule has 0 saturated carbocycles. The van der Waals surface area contributed by atoms with Crippen LogP contribution in [0.1, 0.15) is 12.8 Å². The number of amides is 1. The van der Waals surface area contributed by atoms with Crippen LogP contribution in [0.2, 0.25) is 0 Å². The molecule has 3 aromatic rings. The second kappa shape index (κ2) is 7.38. The van der Waals surface area contributed by atoms with Crippen LogP contribution < -0.4 is 20.9 Å². The largest absolute Gasteiger partial charge is 0.490 e. The van der Waals surface area contributed by atoms with Crippen molar-refractivity contribution in [1.29, 1.82) is 0 Å². The number of nitrogens with zero attached hydrogens (tertiary/aromatic N) is 4. The lowest BCUT2D eigenvalue weighted by Crippen LogP contribution is -2.41. The number of primary amides is 1. The number of carbonyl (C=O) groups is 1. The van der Waals surface area contributed by atoms with Crippen molar-refractivity contribution >= 4 is 22.6 Å². The van der Waals surface area contributed by atoms with E-state index >= 15 is 0 Å². The molecule has 146 valence electrons. The second-order valence-electron chi connectivity index (χ2n) is 7.07. The Morgan fingerprint density at radius 1 is 1.25 bits per heavy atom. The molecular formula is C20H23N5O3. The highest BCUT2D eigenvalue weighted by Crippen LogP contribution is 2.29. The van der Waals surface area contributed by atoms with E-state index < -0.39 is 0 Å². The third kappa shape index (κ3) is 3.45. The van der Waals surface area contributed by atoms with E-state index in [0.29, 0.717) is 5.82 Å². The zero-order valence-electron chi connectivity index (χ0n) is 15.7. The summed E-state index contributed by atoms with van der Waals surface area (Å²) in [5.41, 5.74) is 6.16. The zero-order chi connectivity index (χ0) is 19.7. The molecule has 0 atom stereocenters. The van der Waals surface area contributed by atoms with E-state index in [2.05, 4.69) is 4.98 Å². The Hall–Kier alpha value is -3.29. The molecule has 8 heteroatoms. The van der Waals surface area contributed by atoms with Crippen LogP contribution in [0.3, 0.4) is 0 Å². The Morgan fingerprint density at radius 3 is 2.79 bits per heavy atom. The quantitative estimate of drug-likeness (QED) is 0.718. The molecule has 0 unspecified atom stereocenters. The first-order valence-electron chi connectivity index (χ1n) is 9.32. The van der Waals surface area contributed by atoms with Crippen LogP contribution in [0.25, 0.3) is 10.9 Å². The molecule has 2 aromatic heterocycles. The lowest BCUT2D eigenvalue weighted by molar-refractivity contribution is -0.118. The van der Waals surface area contributed by atoms with Crippen LogP contribution in [-0.4, -0.2) is 39.2 Å². The van der Waals surface area contributed by atoms with Gasteiger partial charge in [0.2, 0.25) is 5.91 Å². The smallest absolute Gasteiger partial charge is 0.293 e. The van der Waals surface area contributed by atoms with Crippen molar-refractivity contribution in [3.8, 4) is 5.75 Å². The van der Waals surface area contributed by atoms with Gasteiger partial charge in [0.1, 0.15) is 18.4 Å². The molecule has 1 fully saturated rings. The first-order chi connectivity index (χ1) is 13.5. The Bertz CT molecular complexity index is 1060. The molecule has 1 aromatic carbocycles. The van der Waals surface area contributed by atoms with E-state index in [4.69, 9.17) is 10.5 Å². The summed E-state index contributed by atoms with van der Waals surface area (Å²) in [6.07, 6.45) is 6.83. The fraction of sp³-hybridized carbons (Fsp3) is 0.350. The van der Waals surface area contributed by atoms with Gasteiger partial charge in [0.05, 0.1) is 5.52 Å². The average molecular weight is 381 g/mol. The van der Waals surface area contributed by atoms with E-state index in [-0.39, 0.29) is 24.1 Å². The zero-order valence-corrected chi connectivity index (χ0v) is 15.7. The number of carbonyl (C=O) groups excluding carboxylic acids is 1. The Labute approximate surface area is 162 Å². The Balaban J connectivity index is 1.47. The van der Waals surface area contributed by atoms with E-state index in [9.17, 15) is 9.59 Å². The highest BCUT2D eigenvalue weighted by molar-refractivity contribution is 5.87. The van der Waals surface area contributed by atoms with Crippen molar-refractivity contribution in [3.63, 3.8) is 0 Å². The lowest BCUT2D eigenvalue weighted by Gasteiger charge is -2.32. The predicted molar refractivity (Wildman–Crippen MR) is 106 cm³/mol. The molecule has 4 rings (SSSR count). The minimum absolute atomic E-state index is 0.0638. The first-order valence-corrected chi connectivity index (χ1v) is 9.32. The Kier molecular flexibility index (Phi) is 4.77. The molecule has 1 amide bonds. The number of nitrogens with two attached hydrogens (primary N) is 1. The number of ether oxygens (including phenoxy) is 1. The number of hydrogen-bond donors (Lipinski definition) is 1. The summed E-state index contributed by atoms with van der Waals surface area (Å²) >= 11 is 0. The number of benzene rings is 1. The van der Waals surface area contributed by atoms with Gasteiger partial charge >= 0.3 is 0 Å². The highest BCUT2D eigenvalue weighted by Gasteiger charge is 2.24. The van der Waals surface area contributed by atoms with Crippen molar-refractivity contribution in [2.24, 2.45) is 12.8 Å². The normalized spacial score (nSPS) is 15.1. The summed E-state index contributed by atoms with van der Waals surface area (Å²) in [4.78, 5) is 29.8. The molecule has 1 saturated heterocycles. The summed E-state index contributed by atoms with van der Waals surface area (Å²) in [6.45, 7) is 1.58. The van der Waals surface area contributed by atoms with Gasteiger partial charge < -0.3 is 24.5 Å². The van der Waals surface area contributed by atoms with Crippen LogP contribution in [0.5, 0.6) is 5.75 Å². The van der Waals surface area contributed by atoms with Crippen LogP contribution in [0.4, 0.5) is 5.82 Å². The molecule has 1 aliphatic heterocycles. The molecular weight excluding hydrogens is 358 g/mol. The van der Waals surface area contributed by atoms with Crippen molar-refractivity contribution in [2.45, 2.75) is 25.5 Å². The number of anilines is 1. The monoisotopic (exact) mass is 381 g/mol. The van der Waals surface area contributed by atoms with Crippen LogP contribution in [-0.2, 0) is 18.4 Å². The first kappa shape index (κ1) is 18.1. The van der Waals surface area contributed by atoms with E-state index in [0.717, 1.165) is 42.6 Å². The molecule has 0 spiro atoms. The van der Waals surface area contributed by atoms with Gasteiger partial charge in [-0.05, 0) is 18.2 Å². The van der Waals surface area contributed by atoms with Crippen LogP contribution in [0, 0.1) is 0 Å². The van der Waals surface area contributed by atoms with Crippen LogP contribution >= 0.6 is 0 Å². The summed E-state index contributed by atoms with van der Waals surface area (Å²) in [7, 11) is 1.73. The van der Waals surface area contributed by atoms with E-state index in [1.54, 1.807) is 24.0 Å². The Morgan fingerprint density at radius 2 is 2.04 bits per heavy atom. The molecule has 3 heterocycles. The van der Waals surface area contributed by atoms with Gasteiger partial charge in [-0.25, -0.2) is 4.98 Å². The lowest BCUT2D eigenvalue weighted by atomic mass is 10.1. The summed E-state index contributed by atoms with van der Waals surface area (Å²) < 4.78 is 9.63. The van der Waals surface area contributed by atoms with Crippen molar-refractivity contribution in [1.82, 2.24) is 14.1 Å². The highest BCUT2D eigenvalue weighted by atomic mass is 16.5. The molecule has 0 aliphatic carbocycles. The molecule has 28 heavy (non-hydrogen) atoms. The van der Waals surface area contributed by atoms with Gasteiger partial charge in [-0.3, -0.25) is 9.59 Å². The third-order valence-electron chi connectivity index (χ3n) is 5.13. The number of piperidine rings is 1. The van der Waals surface area contributed by atoms with Gasteiger partial charge in [-0.15, -0.1) is 0 Å². The third-order valence-corrected chi connectivity index (χ3v) is 5.13. The van der Waals surface area contributed by atoms with Gasteiger partial charge in [-0.2, -0.15) is 0 Å². The fourth-order valence-corrected chi connectivity index (χ4v) is 3.67. The van der Waals surface area contributed by atoms with Gasteiger partial charge in [0, 0.05) is 57.0 Å². The van der Waals surface area contributed by atoms with Gasteiger partial charge in [0.15, 0.2) is 5.82 Å². The van der Waals surface area contributed by atoms with Gasteiger partial charge in [-0.1, -0.05) is 6.07 Å². The van der Waals surface area contributed by atoms with E-state index in [1.165, 1.54) is 0 Å². The number of rotatable bonds is 5. The SMILES string of the molecule is Cn1ccnc(N2CCC(Oc3cccc4c3ccn4CC(N)=O)CC2)c1=O. The van der Waals surface area contributed by atoms with Crippen molar-refractivity contribution in [2.75, 3.05) is 18.0 Å². The van der Waals surface area contributed by atoms with E-state index in [1.807, 2.05) is 39.9 Å². The van der Waals surface area contributed by atoms with Gasteiger partial charge in [0.25, 0.3) is 5.56 Å². The van der Waals surface area contributed by atoms with Crippen molar-refractivity contribution < 1.29 is 9.53 Å². The molecule has 0 bridgehead atoms. The number of aryl methyl sites for hydroxylation is 1. The summed E-state index contributed by atoms with van der Waals surface area (Å²) in [5, 5.41) is 0.963. The number of fused-ring (bicyclic) bond motifs is 1. The summed E-state index contributed by atoms with van der Waals surface area (Å²) in [6, 6.07) is 7.75.